The molecule has 0 bridgehead atoms. The Labute approximate surface area is 236 Å². The average molecular weight is 575 g/mol. The number of ether oxygens (including phenoxy) is 2. The first-order valence-electron chi connectivity index (χ1n) is 13.1. The van der Waals surface area contributed by atoms with Crippen LogP contribution in [-0.2, 0) is 6.42 Å². The largest absolute Gasteiger partial charge is 0.470 e. The van der Waals surface area contributed by atoms with E-state index in [1.807, 2.05) is 0 Å². The molecule has 13 heteroatoms. The van der Waals surface area contributed by atoms with Gasteiger partial charge in [-0.1, -0.05) is 6.07 Å². The second-order valence-electron chi connectivity index (χ2n) is 9.68. The molecule has 2 aromatic carbocycles. The van der Waals surface area contributed by atoms with Crippen molar-refractivity contribution in [2.24, 2.45) is 0 Å². The number of piperidine rings is 1. The van der Waals surface area contributed by atoms with Gasteiger partial charge in [-0.15, -0.1) is 5.10 Å². The number of H-pyrrole nitrogens is 1. The highest BCUT2D eigenvalue weighted by atomic mass is 19.1. The van der Waals surface area contributed by atoms with Crippen molar-refractivity contribution >= 4 is 16.8 Å². The second-order valence-corrected chi connectivity index (χ2v) is 9.68. The number of aliphatic hydroxyl groups is 1. The van der Waals surface area contributed by atoms with Crippen LogP contribution in [0.3, 0.4) is 0 Å². The Balaban J connectivity index is 1.21. The minimum absolute atomic E-state index is 0.115. The Morgan fingerprint density at radius 3 is 2.69 bits per heavy atom. The second kappa shape index (κ2) is 11.5. The highest BCUT2D eigenvalue weighted by Crippen LogP contribution is 2.36. The number of fused-ring (bicyclic) bond motifs is 1. The number of nitrogens with one attached hydrogen (secondary N) is 2. The Morgan fingerprint density at radius 1 is 1.07 bits per heavy atom. The number of pyridine rings is 1. The van der Waals surface area contributed by atoms with Crippen molar-refractivity contribution in [3.05, 3.63) is 100 Å². The molecule has 1 unspecified atom stereocenters. The minimum atomic E-state index is -0.733. The highest BCUT2D eigenvalue weighted by Gasteiger charge is 2.27. The molecule has 0 saturated carbocycles. The van der Waals surface area contributed by atoms with Gasteiger partial charge in [-0.3, -0.25) is 14.7 Å². The first-order valence-corrected chi connectivity index (χ1v) is 13.1. The number of nitrogens with zero attached hydrogens (tertiary/aromatic N) is 4. The molecule has 0 aliphatic carbocycles. The molecule has 1 aliphatic heterocycles. The summed E-state index contributed by atoms with van der Waals surface area (Å²) in [7, 11) is 0. The van der Waals surface area contributed by atoms with E-state index in [2.05, 4.69) is 25.6 Å². The van der Waals surface area contributed by atoms with Crippen molar-refractivity contribution < 1.29 is 28.2 Å². The lowest BCUT2D eigenvalue weighted by Crippen LogP contribution is -2.46. The van der Waals surface area contributed by atoms with E-state index in [1.54, 1.807) is 0 Å². The summed E-state index contributed by atoms with van der Waals surface area (Å²) in [6.45, 7) is 1.07. The van der Waals surface area contributed by atoms with Gasteiger partial charge >= 0.3 is 0 Å². The number of aromatic amines is 1. The lowest BCUT2D eigenvalue weighted by Gasteiger charge is -2.28. The van der Waals surface area contributed by atoms with Crippen LogP contribution in [0.4, 0.5) is 8.78 Å². The van der Waals surface area contributed by atoms with Crippen LogP contribution in [0.5, 0.6) is 17.4 Å². The number of aromatic nitrogens is 5. The molecule has 214 valence electrons. The zero-order chi connectivity index (χ0) is 29.2. The molecular weight excluding hydrogens is 550 g/mol. The molecule has 11 nitrogen and oxygen atoms in total. The van der Waals surface area contributed by atoms with Crippen LogP contribution >= 0.6 is 0 Å². The molecule has 42 heavy (non-hydrogen) atoms. The third-order valence-corrected chi connectivity index (χ3v) is 6.84. The van der Waals surface area contributed by atoms with Gasteiger partial charge in [-0.05, 0) is 61.0 Å². The van der Waals surface area contributed by atoms with Gasteiger partial charge in [0, 0.05) is 31.4 Å². The van der Waals surface area contributed by atoms with Crippen molar-refractivity contribution in [1.29, 1.82) is 0 Å². The number of β-amino-alcohol motifs (C(OH)–C–C–N with tert-alkyl or cyclic N) is 1. The summed E-state index contributed by atoms with van der Waals surface area (Å²) < 4.78 is 41.3. The molecule has 0 radical (unpaired) electrons. The Hall–Kier alpha value is -5.01. The van der Waals surface area contributed by atoms with Crippen LogP contribution < -0.4 is 20.3 Å². The fraction of sp³-hybridized carbons (Fsp3) is 0.207. The van der Waals surface area contributed by atoms with E-state index in [4.69, 9.17) is 9.47 Å². The number of aliphatic hydroxyl groups excluding tert-OH is 1. The SMILES string of the molecule is O=C(Cc1ccc(Oc2ccnc3[nH]nc(OC4CCNC[C@H]4O)c23)c(F)c1)c1ccnn(-c2ccc(F)cc2)c1=O. The third-order valence-electron chi connectivity index (χ3n) is 6.84. The van der Waals surface area contributed by atoms with Gasteiger partial charge < -0.3 is 19.9 Å². The number of hydrogen-bond donors (Lipinski definition) is 3. The molecule has 1 aliphatic rings. The summed E-state index contributed by atoms with van der Waals surface area (Å²) >= 11 is 0. The molecule has 1 fully saturated rings. The van der Waals surface area contributed by atoms with E-state index in [1.165, 1.54) is 60.9 Å². The number of halogens is 2. The van der Waals surface area contributed by atoms with Gasteiger partial charge in [-0.25, -0.2) is 13.8 Å². The normalized spacial score (nSPS) is 16.8. The zero-order valence-electron chi connectivity index (χ0n) is 22.0. The molecule has 5 aromatic rings. The monoisotopic (exact) mass is 574 g/mol. The predicted molar refractivity (Wildman–Crippen MR) is 146 cm³/mol. The van der Waals surface area contributed by atoms with Gasteiger partial charge in [0.25, 0.3) is 5.56 Å². The summed E-state index contributed by atoms with van der Waals surface area (Å²) in [6.07, 6.45) is 1.87. The minimum Gasteiger partial charge on any atom is -0.470 e. The first-order chi connectivity index (χ1) is 20.4. The number of benzene rings is 2. The number of Topliss-reactive ketones (excluding diaryl/α,β-unsaturated/α-hetero) is 1. The molecule has 3 aromatic heterocycles. The smallest absolute Gasteiger partial charge is 0.282 e. The Kier molecular flexibility index (Phi) is 7.42. The van der Waals surface area contributed by atoms with Crippen LogP contribution in [0.1, 0.15) is 22.3 Å². The zero-order valence-corrected chi connectivity index (χ0v) is 22.0. The van der Waals surface area contributed by atoms with Gasteiger partial charge in [0.2, 0.25) is 5.88 Å². The summed E-state index contributed by atoms with van der Waals surface area (Å²) in [4.78, 5) is 30.1. The number of carbonyl (C=O) groups excluding carboxylic acids is 1. The summed E-state index contributed by atoms with van der Waals surface area (Å²) in [5.74, 6) is -1.46. The summed E-state index contributed by atoms with van der Waals surface area (Å²) in [5, 5.41) is 24.6. The molecule has 6 rings (SSSR count). The van der Waals surface area contributed by atoms with Crippen molar-refractivity contribution in [1.82, 2.24) is 30.3 Å². The molecule has 4 heterocycles. The quantitative estimate of drug-likeness (QED) is 0.238. The van der Waals surface area contributed by atoms with Crippen LogP contribution in [0, 0.1) is 11.6 Å². The predicted octanol–water partition coefficient (Wildman–Crippen LogP) is 3.10. The van der Waals surface area contributed by atoms with Gasteiger partial charge in [0.1, 0.15) is 29.2 Å². The van der Waals surface area contributed by atoms with Crippen LogP contribution in [0.25, 0.3) is 16.7 Å². The molecule has 3 N–H and O–H groups in total. The third kappa shape index (κ3) is 5.47. The standard InChI is InChI=1S/C29H24F2N6O5/c30-17-2-4-18(5-3-17)37-29(40)19(7-12-34-37)21(38)14-16-1-6-23(20(31)13-16)41-25-9-11-33-27-26(25)28(36-35-27)42-24-8-10-32-15-22(24)39/h1-7,9,11-13,22,24,32,39H,8,10,14-15H2,(H,33,35,36)/t22-,24?/m1/s1. The molecule has 0 spiro atoms. The van der Waals surface area contributed by atoms with E-state index in [0.717, 1.165) is 10.7 Å². The molecule has 0 amide bonds. The van der Waals surface area contributed by atoms with E-state index in [-0.39, 0.29) is 29.4 Å². The van der Waals surface area contributed by atoms with Gasteiger partial charge in [0.15, 0.2) is 23.0 Å². The lowest BCUT2D eigenvalue weighted by molar-refractivity contribution is 0.0145. The average Bonchev–Trinajstić information content (AvgIpc) is 3.40. The van der Waals surface area contributed by atoms with Crippen molar-refractivity contribution in [3.63, 3.8) is 0 Å². The van der Waals surface area contributed by atoms with Gasteiger partial charge in [0.05, 0.1) is 11.3 Å². The van der Waals surface area contributed by atoms with E-state index in [9.17, 15) is 19.1 Å². The number of ketones is 1. The topological polar surface area (TPSA) is 144 Å². The Bertz CT molecular complexity index is 1820. The Morgan fingerprint density at radius 2 is 1.90 bits per heavy atom. The molecular formula is C29H24F2N6O5. The number of hydrogen-bond acceptors (Lipinski definition) is 9. The first kappa shape index (κ1) is 27.2. The van der Waals surface area contributed by atoms with Crippen molar-refractivity contribution in [2.75, 3.05) is 13.1 Å². The summed E-state index contributed by atoms with van der Waals surface area (Å²) in [6, 6.07) is 12.0. The maximum atomic E-state index is 15.2. The number of carbonyl (C=O) groups is 1. The van der Waals surface area contributed by atoms with Crippen molar-refractivity contribution in [3.8, 4) is 23.1 Å². The van der Waals surface area contributed by atoms with Crippen LogP contribution in [0.15, 0.2) is 71.8 Å². The van der Waals surface area contributed by atoms with Crippen LogP contribution in [-0.4, -0.2) is 61.1 Å². The molecule has 1 saturated heterocycles. The maximum absolute atomic E-state index is 15.2. The maximum Gasteiger partial charge on any atom is 0.282 e. The van der Waals surface area contributed by atoms with Gasteiger partial charge in [-0.2, -0.15) is 9.78 Å². The number of rotatable bonds is 8. The summed E-state index contributed by atoms with van der Waals surface area (Å²) in [5.41, 5.74) is 0.164. The fourth-order valence-electron chi connectivity index (χ4n) is 4.69. The van der Waals surface area contributed by atoms with E-state index in [0.29, 0.717) is 41.8 Å². The fourth-order valence-corrected chi connectivity index (χ4v) is 4.69. The molecule has 2 atom stereocenters. The van der Waals surface area contributed by atoms with E-state index >= 15 is 4.39 Å². The van der Waals surface area contributed by atoms with Crippen molar-refractivity contribution in [2.45, 2.75) is 25.0 Å². The van der Waals surface area contributed by atoms with E-state index < -0.39 is 35.2 Å². The lowest BCUT2D eigenvalue weighted by atomic mass is 10.0. The highest BCUT2D eigenvalue weighted by molar-refractivity contribution is 5.97. The van der Waals surface area contributed by atoms with Crippen LogP contribution in [0.2, 0.25) is 0 Å².